The highest BCUT2D eigenvalue weighted by Gasteiger charge is 2.19. The summed E-state index contributed by atoms with van der Waals surface area (Å²) in [5.41, 5.74) is 2.33. The zero-order valence-corrected chi connectivity index (χ0v) is 17.9. The number of hydrogen-bond donors (Lipinski definition) is 0. The van der Waals surface area contributed by atoms with Crippen molar-refractivity contribution in [2.24, 2.45) is 0 Å². The molecule has 0 atom stereocenters. The Kier molecular flexibility index (Phi) is 5.07. The van der Waals surface area contributed by atoms with Crippen LogP contribution in [0.3, 0.4) is 0 Å². The Bertz CT molecular complexity index is 1390. The van der Waals surface area contributed by atoms with Crippen LogP contribution < -0.4 is 19.6 Å². The number of rotatable bonds is 5. The van der Waals surface area contributed by atoms with Gasteiger partial charge in [0.25, 0.3) is 11.5 Å². The molecule has 2 aromatic heterocycles. The number of methoxy groups -OCH3 is 1. The van der Waals surface area contributed by atoms with Crippen LogP contribution in [0.15, 0.2) is 47.3 Å². The van der Waals surface area contributed by atoms with Crippen LogP contribution in [-0.4, -0.2) is 47.0 Å². The van der Waals surface area contributed by atoms with E-state index in [1.54, 1.807) is 23.6 Å². The summed E-state index contributed by atoms with van der Waals surface area (Å²) >= 11 is 1.35. The summed E-state index contributed by atoms with van der Waals surface area (Å²) in [7, 11) is 1.55. The van der Waals surface area contributed by atoms with Crippen molar-refractivity contribution in [3.63, 3.8) is 0 Å². The van der Waals surface area contributed by atoms with Crippen LogP contribution in [0.25, 0.3) is 22.1 Å². The Morgan fingerprint density at radius 1 is 1.16 bits per heavy atom. The molecule has 5 rings (SSSR count). The number of fused-ring (bicyclic) bond motifs is 3. The highest BCUT2D eigenvalue weighted by molar-refractivity contribution is 7.15. The minimum atomic E-state index is -0.0933. The van der Waals surface area contributed by atoms with Gasteiger partial charge in [-0.15, -0.1) is 0 Å². The van der Waals surface area contributed by atoms with Crippen LogP contribution in [-0.2, 0) is 4.79 Å². The molecule has 0 radical (unpaired) electrons. The summed E-state index contributed by atoms with van der Waals surface area (Å²) in [6.07, 6.45) is 3.91. The van der Waals surface area contributed by atoms with Gasteiger partial charge in [-0.2, -0.15) is 0 Å². The summed E-state index contributed by atoms with van der Waals surface area (Å²) in [4.78, 5) is 32.2. The normalized spacial score (nSPS) is 14.6. The summed E-state index contributed by atoms with van der Waals surface area (Å²) in [6, 6.07) is 13.0. The predicted octanol–water partition coefficient (Wildman–Crippen LogP) is 2.47. The standard InChI is InChI=1S/C23H21N3O4S/c1-29-19-12-15(8-9-18(19)30-14-21(27)25-10-4-5-11-25)13-20-22(28)26-17-7-3-2-6-16(17)24-23(26)31-20/h2-3,6-9,12-13H,4-5,10-11,14H2,1H3. The third-order valence-electron chi connectivity index (χ3n) is 5.44. The molecule has 1 saturated heterocycles. The SMILES string of the molecule is COc1cc(C=c2sc3nc4ccccc4n3c2=O)ccc1OCC(=O)N1CCCC1. The van der Waals surface area contributed by atoms with Gasteiger partial charge >= 0.3 is 0 Å². The first-order valence-corrected chi connectivity index (χ1v) is 11.0. The molecule has 2 aromatic carbocycles. The van der Waals surface area contributed by atoms with Crippen molar-refractivity contribution in [3.8, 4) is 11.5 Å². The predicted molar refractivity (Wildman–Crippen MR) is 120 cm³/mol. The third-order valence-corrected chi connectivity index (χ3v) is 6.41. The van der Waals surface area contributed by atoms with Gasteiger partial charge in [-0.1, -0.05) is 29.5 Å². The molecular formula is C23H21N3O4S. The zero-order valence-electron chi connectivity index (χ0n) is 17.0. The molecule has 0 unspecified atom stereocenters. The molecule has 0 N–H and O–H groups in total. The number of likely N-dealkylation sites (tertiary alicyclic amines) is 1. The van der Waals surface area contributed by atoms with E-state index in [9.17, 15) is 9.59 Å². The fourth-order valence-corrected chi connectivity index (χ4v) is 4.84. The molecule has 1 amide bonds. The number of benzene rings is 2. The zero-order chi connectivity index (χ0) is 21.4. The molecule has 1 aliphatic heterocycles. The summed E-state index contributed by atoms with van der Waals surface area (Å²) in [5.74, 6) is 1.00. The number of amides is 1. The molecule has 4 aromatic rings. The number of aromatic nitrogens is 2. The maximum Gasteiger partial charge on any atom is 0.274 e. The molecule has 1 aliphatic rings. The molecule has 7 nitrogen and oxygen atoms in total. The van der Waals surface area contributed by atoms with E-state index in [0.29, 0.717) is 21.0 Å². The van der Waals surface area contributed by atoms with Gasteiger partial charge in [0.05, 0.1) is 22.7 Å². The Morgan fingerprint density at radius 2 is 1.97 bits per heavy atom. The largest absolute Gasteiger partial charge is 0.493 e. The van der Waals surface area contributed by atoms with Crippen LogP contribution >= 0.6 is 11.3 Å². The number of imidazole rings is 1. The van der Waals surface area contributed by atoms with E-state index in [1.807, 2.05) is 41.3 Å². The molecule has 3 heterocycles. The molecule has 0 spiro atoms. The van der Waals surface area contributed by atoms with Gasteiger partial charge in [-0.25, -0.2) is 9.38 Å². The molecule has 0 saturated carbocycles. The summed E-state index contributed by atoms with van der Waals surface area (Å²) < 4.78 is 13.4. The Morgan fingerprint density at radius 3 is 2.77 bits per heavy atom. The van der Waals surface area contributed by atoms with Crippen LogP contribution in [0.5, 0.6) is 11.5 Å². The number of carbonyl (C=O) groups excluding carboxylic acids is 1. The van der Waals surface area contributed by atoms with Crippen molar-refractivity contribution in [2.45, 2.75) is 12.8 Å². The second-order valence-corrected chi connectivity index (χ2v) is 8.43. The molecular weight excluding hydrogens is 414 g/mol. The highest BCUT2D eigenvalue weighted by Crippen LogP contribution is 2.28. The molecule has 0 bridgehead atoms. The van der Waals surface area contributed by atoms with E-state index in [2.05, 4.69) is 4.98 Å². The monoisotopic (exact) mass is 435 g/mol. The number of hydrogen-bond acceptors (Lipinski definition) is 6. The molecule has 31 heavy (non-hydrogen) atoms. The summed E-state index contributed by atoms with van der Waals surface area (Å²) in [6.45, 7) is 1.58. The molecule has 158 valence electrons. The van der Waals surface area contributed by atoms with Crippen molar-refractivity contribution in [3.05, 3.63) is 62.9 Å². The van der Waals surface area contributed by atoms with Crippen molar-refractivity contribution < 1.29 is 14.3 Å². The van der Waals surface area contributed by atoms with Crippen LogP contribution in [0.2, 0.25) is 0 Å². The van der Waals surface area contributed by atoms with Gasteiger partial charge in [-0.05, 0) is 48.7 Å². The maximum atomic E-state index is 12.9. The van der Waals surface area contributed by atoms with Crippen LogP contribution in [0.1, 0.15) is 18.4 Å². The number of ether oxygens (including phenoxy) is 2. The van der Waals surface area contributed by atoms with E-state index in [-0.39, 0.29) is 18.1 Å². The summed E-state index contributed by atoms with van der Waals surface area (Å²) in [5, 5.41) is 0. The number of para-hydroxylation sites is 2. The van der Waals surface area contributed by atoms with Gasteiger partial charge in [0.15, 0.2) is 23.1 Å². The lowest BCUT2D eigenvalue weighted by Crippen LogP contribution is -2.32. The van der Waals surface area contributed by atoms with E-state index in [0.717, 1.165) is 42.5 Å². The molecule has 1 fully saturated rings. The highest BCUT2D eigenvalue weighted by atomic mass is 32.1. The minimum Gasteiger partial charge on any atom is -0.493 e. The fourth-order valence-electron chi connectivity index (χ4n) is 3.85. The van der Waals surface area contributed by atoms with Crippen LogP contribution in [0.4, 0.5) is 0 Å². The average Bonchev–Trinajstić information content (AvgIpc) is 3.50. The quantitative estimate of drug-likeness (QED) is 0.482. The van der Waals surface area contributed by atoms with Crippen molar-refractivity contribution in [2.75, 3.05) is 26.8 Å². The van der Waals surface area contributed by atoms with E-state index in [4.69, 9.17) is 9.47 Å². The first-order chi connectivity index (χ1) is 15.1. The van der Waals surface area contributed by atoms with Crippen LogP contribution in [0, 0.1) is 0 Å². The van der Waals surface area contributed by atoms with Crippen molar-refractivity contribution >= 4 is 39.3 Å². The van der Waals surface area contributed by atoms with Gasteiger partial charge in [0.2, 0.25) is 0 Å². The number of nitrogens with zero attached hydrogens (tertiary/aromatic N) is 3. The van der Waals surface area contributed by atoms with Gasteiger partial charge < -0.3 is 14.4 Å². The smallest absolute Gasteiger partial charge is 0.274 e. The Balaban J connectivity index is 1.43. The van der Waals surface area contributed by atoms with Gasteiger partial charge in [0, 0.05) is 13.1 Å². The number of thiazole rings is 1. The van der Waals surface area contributed by atoms with Crippen molar-refractivity contribution in [1.29, 1.82) is 0 Å². The van der Waals surface area contributed by atoms with Gasteiger partial charge in [0.1, 0.15) is 0 Å². The lowest BCUT2D eigenvalue weighted by molar-refractivity contribution is -0.132. The topological polar surface area (TPSA) is 73.1 Å². The van der Waals surface area contributed by atoms with Gasteiger partial charge in [-0.3, -0.25) is 9.59 Å². The maximum absolute atomic E-state index is 12.9. The Hall–Kier alpha value is -3.39. The average molecular weight is 436 g/mol. The second-order valence-electron chi connectivity index (χ2n) is 7.42. The van der Waals surface area contributed by atoms with E-state index >= 15 is 0 Å². The van der Waals surface area contributed by atoms with E-state index < -0.39 is 0 Å². The second kappa shape index (κ2) is 8.03. The molecule has 8 heteroatoms. The molecule has 0 aliphatic carbocycles. The first kappa shape index (κ1) is 19.6. The fraction of sp³-hybridized carbons (Fsp3) is 0.261. The number of carbonyl (C=O) groups is 1. The lowest BCUT2D eigenvalue weighted by atomic mass is 10.2. The Labute approximate surface area is 182 Å². The van der Waals surface area contributed by atoms with Crippen molar-refractivity contribution in [1.82, 2.24) is 14.3 Å². The van der Waals surface area contributed by atoms with E-state index in [1.165, 1.54) is 11.3 Å². The lowest BCUT2D eigenvalue weighted by Gasteiger charge is -2.16. The minimum absolute atomic E-state index is 0.0136. The third kappa shape index (κ3) is 3.63. The first-order valence-electron chi connectivity index (χ1n) is 10.1.